The van der Waals surface area contributed by atoms with E-state index in [1.54, 1.807) is 31.4 Å². The van der Waals surface area contributed by atoms with Crippen molar-refractivity contribution in [3.63, 3.8) is 0 Å². The first-order chi connectivity index (χ1) is 30.9. The fourth-order valence-electron chi connectivity index (χ4n) is 9.27. The third-order valence-electron chi connectivity index (χ3n) is 12.9. The van der Waals surface area contributed by atoms with Crippen LogP contribution in [0.5, 0.6) is 17.2 Å². The number of aliphatic hydroxyl groups excluding tert-OH is 2. The number of aryl methyl sites for hydroxylation is 3. The van der Waals surface area contributed by atoms with Gasteiger partial charge >= 0.3 is 0 Å². The molecule has 2 aromatic heterocycles. The van der Waals surface area contributed by atoms with Gasteiger partial charge in [0.05, 0.1) is 41.8 Å². The van der Waals surface area contributed by atoms with Crippen molar-refractivity contribution in [2.75, 3.05) is 19.0 Å². The fourth-order valence-corrected chi connectivity index (χ4v) is 9.27. The molecular formula is C52H60N6O6. The van der Waals surface area contributed by atoms with Crippen LogP contribution in [0.3, 0.4) is 0 Å². The average molecular weight is 865 g/mol. The summed E-state index contributed by atoms with van der Waals surface area (Å²) in [6.07, 6.45) is 2.69. The standard InChI is InChI=1S/C52H60N6O6/c1-6-33-24-36-26-38(27-37(36)25-34(33)7-2)53-30-47(61)40-17-20-46(60)49-41(40)18-21-48(62)58(49)51(56-52(3,4)22-23-57-31-55-42-10-8-9-11-44(42)57)50(63)35-14-19-45(59)43(28-35)54-29-32-12-15-39(64-5)16-13-32/h8-21,24-25,28,31,38,47,50-51,53-54,56,59-61,63H,6-7,22-23,26-27,29-30H2,1-5H3. The van der Waals surface area contributed by atoms with Crippen LogP contribution in [0.4, 0.5) is 5.69 Å². The lowest BCUT2D eigenvalue weighted by Crippen LogP contribution is -2.49. The molecule has 0 saturated carbocycles. The summed E-state index contributed by atoms with van der Waals surface area (Å²) in [6.45, 7) is 9.65. The van der Waals surface area contributed by atoms with E-state index in [1.165, 1.54) is 45.0 Å². The van der Waals surface area contributed by atoms with Crippen LogP contribution in [0.1, 0.15) is 91.4 Å². The van der Waals surface area contributed by atoms with Gasteiger partial charge in [0.2, 0.25) is 0 Å². The molecule has 8 rings (SSSR count). The van der Waals surface area contributed by atoms with Crippen LogP contribution >= 0.6 is 0 Å². The molecule has 0 spiro atoms. The zero-order valence-corrected chi connectivity index (χ0v) is 37.3. The normalized spacial score (nSPS) is 14.5. The van der Waals surface area contributed by atoms with Gasteiger partial charge in [-0.05, 0) is 133 Å². The van der Waals surface area contributed by atoms with E-state index < -0.39 is 29.5 Å². The van der Waals surface area contributed by atoms with E-state index in [-0.39, 0.29) is 29.6 Å². The number of hydrogen-bond acceptors (Lipinski definition) is 10. The van der Waals surface area contributed by atoms with Gasteiger partial charge in [0.1, 0.15) is 29.5 Å². The second-order valence-corrected chi connectivity index (χ2v) is 17.7. The summed E-state index contributed by atoms with van der Waals surface area (Å²) in [5.41, 5.74) is 8.71. The van der Waals surface area contributed by atoms with E-state index in [4.69, 9.17) is 4.74 Å². The minimum Gasteiger partial charge on any atom is -0.506 e. The maximum absolute atomic E-state index is 14.3. The number of aliphatic hydroxyl groups is 2. The number of aromatic nitrogens is 3. The van der Waals surface area contributed by atoms with Crippen LogP contribution in [-0.4, -0.2) is 59.8 Å². The number of imidazole rings is 1. The second kappa shape index (κ2) is 18.9. The summed E-state index contributed by atoms with van der Waals surface area (Å²) in [5, 5.41) is 58.0. The molecule has 1 aliphatic carbocycles. The molecule has 1 aliphatic rings. The minimum absolute atomic E-state index is 0.00743. The number of benzene rings is 5. The van der Waals surface area contributed by atoms with Gasteiger partial charge in [-0.15, -0.1) is 0 Å². The molecule has 0 saturated heterocycles. The molecule has 334 valence electrons. The molecule has 5 aromatic carbocycles. The Labute approximate surface area is 374 Å². The first-order valence-corrected chi connectivity index (χ1v) is 22.3. The molecule has 0 radical (unpaired) electrons. The maximum Gasteiger partial charge on any atom is 0.252 e. The lowest BCUT2D eigenvalue weighted by molar-refractivity contribution is 0.0718. The molecular weight excluding hydrogens is 805 g/mol. The molecule has 0 amide bonds. The summed E-state index contributed by atoms with van der Waals surface area (Å²) in [5.74, 6) is 0.554. The Bertz CT molecular complexity index is 2780. The first-order valence-electron chi connectivity index (χ1n) is 22.3. The predicted octanol–water partition coefficient (Wildman–Crippen LogP) is 7.99. The number of nitrogens with one attached hydrogen (secondary N) is 3. The number of para-hydroxylation sites is 2. The van der Waals surface area contributed by atoms with Crippen molar-refractivity contribution in [3.05, 3.63) is 159 Å². The van der Waals surface area contributed by atoms with Crippen molar-refractivity contribution in [1.29, 1.82) is 0 Å². The molecule has 12 heteroatoms. The highest BCUT2D eigenvalue weighted by molar-refractivity contribution is 5.88. The van der Waals surface area contributed by atoms with E-state index in [9.17, 15) is 25.2 Å². The monoisotopic (exact) mass is 864 g/mol. The number of hydrogen-bond donors (Lipinski definition) is 7. The highest BCUT2D eigenvalue weighted by Crippen LogP contribution is 2.37. The number of pyridine rings is 1. The number of aromatic hydroxyl groups is 2. The highest BCUT2D eigenvalue weighted by atomic mass is 16.5. The Hall–Kier alpha value is -6.18. The Kier molecular flexibility index (Phi) is 13.1. The van der Waals surface area contributed by atoms with Crippen LogP contribution < -0.4 is 26.2 Å². The van der Waals surface area contributed by atoms with Crippen molar-refractivity contribution in [3.8, 4) is 17.2 Å². The number of rotatable bonds is 18. The number of fused-ring (bicyclic) bond motifs is 3. The third-order valence-corrected chi connectivity index (χ3v) is 12.9. The van der Waals surface area contributed by atoms with Crippen molar-refractivity contribution in [2.24, 2.45) is 0 Å². The molecule has 64 heavy (non-hydrogen) atoms. The molecule has 2 heterocycles. The molecule has 0 bridgehead atoms. The van der Waals surface area contributed by atoms with Crippen LogP contribution in [0.2, 0.25) is 0 Å². The van der Waals surface area contributed by atoms with Crippen molar-refractivity contribution >= 4 is 27.6 Å². The predicted molar refractivity (Wildman–Crippen MR) is 253 cm³/mol. The van der Waals surface area contributed by atoms with Gasteiger partial charge in [-0.3, -0.25) is 14.7 Å². The van der Waals surface area contributed by atoms with Crippen molar-refractivity contribution < 1.29 is 25.2 Å². The van der Waals surface area contributed by atoms with Crippen LogP contribution in [0, 0.1) is 0 Å². The number of ether oxygens (including phenoxy) is 1. The molecule has 3 unspecified atom stereocenters. The van der Waals surface area contributed by atoms with Crippen LogP contribution in [0.25, 0.3) is 21.9 Å². The molecule has 7 N–H and O–H groups in total. The van der Waals surface area contributed by atoms with E-state index >= 15 is 0 Å². The summed E-state index contributed by atoms with van der Waals surface area (Å²) in [6, 6.07) is 31.4. The first kappa shape index (κ1) is 44.4. The highest BCUT2D eigenvalue weighted by Gasteiger charge is 2.33. The number of phenolic OH excluding ortho intramolecular Hbond substituents is 2. The smallest absolute Gasteiger partial charge is 0.252 e. The minimum atomic E-state index is -1.36. The third kappa shape index (κ3) is 9.37. The van der Waals surface area contributed by atoms with E-state index in [1.807, 2.05) is 68.7 Å². The number of nitrogens with zero attached hydrogens (tertiary/aromatic N) is 3. The Balaban J connectivity index is 1.11. The van der Waals surface area contributed by atoms with E-state index in [0.717, 1.165) is 48.0 Å². The fraction of sp³-hybridized carbons (Fsp3) is 0.346. The van der Waals surface area contributed by atoms with Crippen LogP contribution in [-0.2, 0) is 38.8 Å². The summed E-state index contributed by atoms with van der Waals surface area (Å²) >= 11 is 0. The topological polar surface area (TPSA) is 166 Å². The summed E-state index contributed by atoms with van der Waals surface area (Å²) < 4.78 is 8.78. The van der Waals surface area contributed by atoms with Gasteiger partial charge in [0, 0.05) is 42.7 Å². The SMILES string of the molecule is CCc1cc2c(cc1CC)CC(NCC(O)c1ccc(O)c3c1ccc(=O)n3C(NC(C)(C)CCn1cnc3ccccc31)C(O)c1ccc(O)c(NCc3ccc(OC)cc3)c1)C2. The molecule has 3 atom stereocenters. The van der Waals surface area contributed by atoms with E-state index in [0.29, 0.717) is 41.7 Å². The largest absolute Gasteiger partial charge is 0.506 e. The lowest BCUT2D eigenvalue weighted by Gasteiger charge is -2.36. The van der Waals surface area contributed by atoms with Gasteiger partial charge in [0.25, 0.3) is 5.56 Å². The van der Waals surface area contributed by atoms with Crippen LogP contribution in [0.15, 0.2) is 114 Å². The average Bonchev–Trinajstić information content (AvgIpc) is 3.92. The van der Waals surface area contributed by atoms with Crippen molar-refractivity contribution in [2.45, 2.75) is 103 Å². The summed E-state index contributed by atoms with van der Waals surface area (Å²) in [4.78, 5) is 18.9. The Morgan fingerprint density at radius 1 is 0.859 bits per heavy atom. The maximum atomic E-state index is 14.3. The second-order valence-electron chi connectivity index (χ2n) is 17.7. The van der Waals surface area contributed by atoms with Gasteiger partial charge in [-0.1, -0.05) is 62.4 Å². The zero-order chi connectivity index (χ0) is 45.1. The number of anilines is 1. The van der Waals surface area contributed by atoms with Gasteiger partial charge < -0.3 is 40.4 Å². The zero-order valence-electron chi connectivity index (χ0n) is 37.3. The Morgan fingerprint density at radius 2 is 1.56 bits per heavy atom. The molecule has 0 aliphatic heterocycles. The van der Waals surface area contributed by atoms with Gasteiger partial charge in [-0.2, -0.15) is 0 Å². The summed E-state index contributed by atoms with van der Waals surface area (Å²) in [7, 11) is 1.61. The van der Waals surface area contributed by atoms with Gasteiger partial charge in [-0.25, -0.2) is 4.98 Å². The molecule has 7 aromatic rings. The quantitative estimate of drug-likeness (QED) is 0.0421. The van der Waals surface area contributed by atoms with Crippen molar-refractivity contribution in [1.82, 2.24) is 24.8 Å². The molecule has 0 fully saturated rings. The number of phenols is 2. The van der Waals surface area contributed by atoms with E-state index in [2.05, 4.69) is 51.5 Å². The lowest BCUT2D eigenvalue weighted by atomic mass is 9.96. The Morgan fingerprint density at radius 3 is 2.27 bits per heavy atom. The van der Waals surface area contributed by atoms with Gasteiger partial charge in [0.15, 0.2) is 0 Å². The molecule has 12 nitrogen and oxygen atoms in total. The number of methoxy groups -OCH3 is 1.